The molecule has 0 aliphatic heterocycles. The molecule has 0 saturated carbocycles. The third-order valence-corrected chi connectivity index (χ3v) is 0.512. The molecular formula is C7H22O4Zr. The average molecular weight is 261 g/mol. The molecule has 4 nitrogen and oxygen atoms in total. The molecule has 0 amide bonds. The predicted molar refractivity (Wildman–Crippen MR) is 46.4 cm³/mol. The van der Waals surface area contributed by atoms with Gasteiger partial charge < -0.3 is 20.4 Å². The van der Waals surface area contributed by atoms with E-state index in [1.54, 1.807) is 0 Å². The fourth-order valence-corrected chi connectivity index (χ4v) is 0.158. The summed E-state index contributed by atoms with van der Waals surface area (Å²) in [7, 11) is 3.00. The molecule has 4 N–H and O–H groups in total. The molecular weight excluding hydrogens is 239 g/mol. The Morgan fingerprint density at radius 2 is 1.08 bits per heavy atom. The minimum absolute atomic E-state index is 0. The van der Waals surface area contributed by atoms with Gasteiger partial charge in [0, 0.05) is 54.1 Å². The van der Waals surface area contributed by atoms with E-state index < -0.39 is 0 Å². The van der Waals surface area contributed by atoms with Gasteiger partial charge >= 0.3 is 0 Å². The number of hydrogen-bond donors (Lipinski definition) is 4. The van der Waals surface area contributed by atoms with E-state index in [1.807, 2.05) is 0 Å². The summed E-state index contributed by atoms with van der Waals surface area (Å²) >= 11 is 0. The van der Waals surface area contributed by atoms with E-state index in [-0.39, 0.29) is 26.2 Å². The molecule has 0 aromatic carbocycles. The topological polar surface area (TPSA) is 80.9 Å². The Balaban J connectivity index is -0.0000000203. The molecule has 0 aliphatic carbocycles. The van der Waals surface area contributed by atoms with Crippen LogP contribution >= 0.6 is 0 Å². The van der Waals surface area contributed by atoms with Gasteiger partial charge in [-0.2, -0.15) is 0 Å². The van der Waals surface area contributed by atoms with Crippen molar-refractivity contribution in [3.05, 3.63) is 0 Å². The maximum atomic E-state index is 8.07. The van der Waals surface area contributed by atoms with Crippen LogP contribution in [0.3, 0.4) is 0 Å². The summed E-state index contributed by atoms with van der Waals surface area (Å²) in [6, 6.07) is 0. The molecule has 0 aromatic heterocycles. The van der Waals surface area contributed by atoms with Crippen molar-refractivity contribution < 1.29 is 46.6 Å². The Morgan fingerprint density at radius 1 is 0.833 bits per heavy atom. The molecule has 0 heterocycles. The SMILES string of the molecule is CCCCO.CO.CO.CO.[Zr]. The van der Waals surface area contributed by atoms with Crippen molar-refractivity contribution in [3.8, 4) is 0 Å². The zero-order chi connectivity index (χ0) is 10.1. The first kappa shape index (κ1) is 29.3. The average Bonchev–Trinajstić information content (AvgIpc) is 2.16. The zero-order valence-corrected chi connectivity index (χ0v) is 10.9. The second-order valence-corrected chi connectivity index (χ2v) is 1.08. The van der Waals surface area contributed by atoms with E-state index in [0.29, 0.717) is 6.61 Å². The van der Waals surface area contributed by atoms with Gasteiger partial charge in [-0.05, 0) is 6.42 Å². The molecule has 0 aliphatic rings. The third-order valence-electron chi connectivity index (χ3n) is 0.512. The maximum Gasteiger partial charge on any atom is 0.0430 e. The van der Waals surface area contributed by atoms with Gasteiger partial charge in [-0.25, -0.2) is 0 Å². The Morgan fingerprint density at radius 3 is 1.08 bits per heavy atom. The first-order valence-electron chi connectivity index (χ1n) is 3.36. The number of rotatable bonds is 2. The number of unbranched alkanes of at least 4 members (excludes halogenated alkanes) is 1. The Kier molecular flexibility index (Phi) is 238. The molecule has 0 radical (unpaired) electrons. The van der Waals surface area contributed by atoms with Crippen molar-refractivity contribution >= 4 is 0 Å². The van der Waals surface area contributed by atoms with Crippen molar-refractivity contribution in [1.29, 1.82) is 0 Å². The van der Waals surface area contributed by atoms with Gasteiger partial charge in [0.25, 0.3) is 0 Å². The van der Waals surface area contributed by atoms with Crippen LogP contribution in [0.1, 0.15) is 19.8 Å². The standard InChI is InChI=1S/C4H10O.3CH4O.Zr/c1-2-3-4-5;3*1-2;/h5H,2-4H2,1H3;3*2H,1H3;. The Hall–Kier alpha value is 0.723. The van der Waals surface area contributed by atoms with Crippen LogP contribution in [0, 0.1) is 0 Å². The van der Waals surface area contributed by atoms with Crippen LogP contribution in [0.5, 0.6) is 0 Å². The molecule has 0 fully saturated rings. The van der Waals surface area contributed by atoms with Crippen LogP contribution in [0.15, 0.2) is 0 Å². The maximum absolute atomic E-state index is 8.07. The molecule has 0 saturated heterocycles. The van der Waals surface area contributed by atoms with Crippen LogP contribution in [-0.4, -0.2) is 48.4 Å². The summed E-state index contributed by atoms with van der Waals surface area (Å²) in [6.45, 7) is 2.40. The Labute approximate surface area is 94.4 Å². The van der Waals surface area contributed by atoms with Crippen LogP contribution in [0.25, 0.3) is 0 Å². The van der Waals surface area contributed by atoms with E-state index in [0.717, 1.165) is 34.2 Å². The smallest absolute Gasteiger partial charge is 0.0430 e. The molecule has 0 aromatic rings. The number of aliphatic hydroxyl groups is 4. The van der Waals surface area contributed by atoms with Crippen LogP contribution in [0.2, 0.25) is 0 Å². The number of aliphatic hydroxyl groups excluding tert-OH is 4. The minimum Gasteiger partial charge on any atom is -0.400 e. The normalized spacial score (nSPS) is 5.00. The molecule has 12 heavy (non-hydrogen) atoms. The monoisotopic (exact) mass is 260 g/mol. The zero-order valence-electron chi connectivity index (χ0n) is 8.41. The fourth-order valence-electron chi connectivity index (χ4n) is 0.158. The molecule has 0 unspecified atom stereocenters. The summed E-state index contributed by atoms with van der Waals surface area (Å²) in [5.74, 6) is 0. The minimum atomic E-state index is 0. The fraction of sp³-hybridized carbons (Fsp3) is 1.00. The summed E-state index contributed by atoms with van der Waals surface area (Å²) in [4.78, 5) is 0. The van der Waals surface area contributed by atoms with Gasteiger partial charge in [0.1, 0.15) is 0 Å². The quantitative estimate of drug-likeness (QED) is 0.545. The summed E-state index contributed by atoms with van der Waals surface area (Å²) in [6.07, 6.45) is 2.04. The molecule has 78 valence electrons. The van der Waals surface area contributed by atoms with E-state index in [1.165, 1.54) is 0 Å². The molecule has 0 spiro atoms. The van der Waals surface area contributed by atoms with Crippen LogP contribution in [-0.2, 0) is 26.2 Å². The molecule has 0 atom stereocenters. The van der Waals surface area contributed by atoms with Gasteiger partial charge in [0.2, 0.25) is 0 Å². The van der Waals surface area contributed by atoms with E-state index in [9.17, 15) is 0 Å². The first-order chi connectivity index (χ1) is 5.41. The third kappa shape index (κ3) is 137. The molecule has 5 heteroatoms. The van der Waals surface area contributed by atoms with E-state index >= 15 is 0 Å². The van der Waals surface area contributed by atoms with Gasteiger partial charge in [0.05, 0.1) is 0 Å². The van der Waals surface area contributed by atoms with Gasteiger partial charge in [-0.1, -0.05) is 13.3 Å². The summed E-state index contributed by atoms with van der Waals surface area (Å²) in [5, 5.41) is 29.1. The summed E-state index contributed by atoms with van der Waals surface area (Å²) < 4.78 is 0. The van der Waals surface area contributed by atoms with Gasteiger partial charge in [-0.15, -0.1) is 0 Å². The van der Waals surface area contributed by atoms with Crippen molar-refractivity contribution in [3.63, 3.8) is 0 Å². The largest absolute Gasteiger partial charge is 0.400 e. The number of hydrogen-bond acceptors (Lipinski definition) is 4. The van der Waals surface area contributed by atoms with Crippen LogP contribution < -0.4 is 0 Å². The van der Waals surface area contributed by atoms with Crippen molar-refractivity contribution in [2.45, 2.75) is 19.8 Å². The predicted octanol–water partition coefficient (Wildman–Crippen LogP) is -0.398. The summed E-state index contributed by atoms with van der Waals surface area (Å²) in [5.41, 5.74) is 0. The van der Waals surface area contributed by atoms with Crippen molar-refractivity contribution in [2.75, 3.05) is 27.9 Å². The van der Waals surface area contributed by atoms with Crippen molar-refractivity contribution in [2.24, 2.45) is 0 Å². The first-order valence-corrected chi connectivity index (χ1v) is 3.36. The molecule has 0 bridgehead atoms. The second kappa shape index (κ2) is 97.2. The van der Waals surface area contributed by atoms with Gasteiger partial charge in [0.15, 0.2) is 0 Å². The Bertz CT molecular complexity index is 22.9. The van der Waals surface area contributed by atoms with Crippen LogP contribution in [0.4, 0.5) is 0 Å². The second-order valence-electron chi connectivity index (χ2n) is 1.08. The van der Waals surface area contributed by atoms with Crippen molar-refractivity contribution in [1.82, 2.24) is 0 Å². The van der Waals surface area contributed by atoms with Gasteiger partial charge in [-0.3, -0.25) is 0 Å². The molecule has 0 rings (SSSR count). The van der Waals surface area contributed by atoms with E-state index in [4.69, 9.17) is 20.4 Å². The van der Waals surface area contributed by atoms with E-state index in [2.05, 4.69) is 6.92 Å².